The molecule has 2 atom stereocenters. The van der Waals surface area contributed by atoms with Crippen LogP contribution in [0.3, 0.4) is 0 Å². The Balaban J connectivity index is 1.62. The lowest BCUT2D eigenvalue weighted by molar-refractivity contribution is -0.147. The Morgan fingerprint density at radius 3 is 2.06 bits per heavy atom. The first-order chi connectivity index (χ1) is 15.7. The Morgan fingerprint density at radius 2 is 1.58 bits per heavy atom. The molecule has 0 saturated carbocycles. The number of aliphatic carboxylic acids is 1. The van der Waals surface area contributed by atoms with Crippen molar-refractivity contribution in [3.63, 3.8) is 0 Å². The number of hydrogen-bond donors (Lipinski definition) is 3. The van der Waals surface area contributed by atoms with Crippen molar-refractivity contribution >= 4 is 18.0 Å². The molecule has 1 aliphatic carbocycles. The highest BCUT2D eigenvalue weighted by Crippen LogP contribution is 2.44. The van der Waals surface area contributed by atoms with Crippen LogP contribution < -0.4 is 10.6 Å². The first-order valence-electron chi connectivity index (χ1n) is 11.3. The lowest BCUT2D eigenvalue weighted by atomic mass is 9.96. The zero-order chi connectivity index (χ0) is 24.2. The van der Waals surface area contributed by atoms with Crippen LogP contribution >= 0.6 is 0 Å². The van der Waals surface area contributed by atoms with E-state index >= 15 is 0 Å². The predicted octanol–water partition coefficient (Wildman–Crippen LogP) is 4.31. The van der Waals surface area contributed by atoms with Crippen molar-refractivity contribution < 1.29 is 24.2 Å². The highest BCUT2D eigenvalue weighted by atomic mass is 16.5. The molecule has 0 spiro atoms. The zero-order valence-corrected chi connectivity index (χ0v) is 19.6. The molecule has 0 aliphatic heterocycles. The van der Waals surface area contributed by atoms with Crippen LogP contribution in [-0.4, -0.2) is 41.3 Å². The smallest absolute Gasteiger partial charge is 0.407 e. The summed E-state index contributed by atoms with van der Waals surface area (Å²) in [4.78, 5) is 36.6. The fraction of sp³-hybridized carbons (Fsp3) is 0.423. The standard InChI is InChI=1S/C26H32N2O5/c1-5-26(4,24(30)31)28-23(29)14-22(16(2)3)27-25(32)33-15-21-19-12-8-6-10-17(19)18-11-7-9-13-20(18)21/h6-13,16,21-22H,5,14-15H2,1-4H3,(H,27,32)(H,28,29)(H,30,31). The quantitative estimate of drug-likeness (QED) is 0.526. The van der Waals surface area contributed by atoms with Crippen LogP contribution in [0.1, 0.15) is 57.6 Å². The van der Waals surface area contributed by atoms with E-state index < -0.39 is 29.6 Å². The van der Waals surface area contributed by atoms with Crippen LogP contribution in [0.2, 0.25) is 0 Å². The number of amides is 2. The Bertz CT molecular complexity index is 989. The van der Waals surface area contributed by atoms with Gasteiger partial charge in [-0.15, -0.1) is 0 Å². The topological polar surface area (TPSA) is 105 Å². The number of rotatable bonds is 9. The summed E-state index contributed by atoms with van der Waals surface area (Å²) in [6.07, 6.45) is -0.384. The van der Waals surface area contributed by atoms with E-state index in [2.05, 4.69) is 34.9 Å². The van der Waals surface area contributed by atoms with Crippen molar-refractivity contribution in [3.8, 4) is 11.1 Å². The van der Waals surface area contributed by atoms with Gasteiger partial charge >= 0.3 is 12.1 Å². The third-order valence-corrected chi connectivity index (χ3v) is 6.45. The Kier molecular flexibility index (Phi) is 7.41. The Hall–Kier alpha value is -3.35. The molecule has 7 nitrogen and oxygen atoms in total. The van der Waals surface area contributed by atoms with Crippen LogP contribution in [0.15, 0.2) is 48.5 Å². The van der Waals surface area contributed by atoms with Crippen molar-refractivity contribution in [2.45, 2.75) is 58.0 Å². The van der Waals surface area contributed by atoms with Gasteiger partial charge in [-0.1, -0.05) is 69.3 Å². The number of fused-ring (bicyclic) bond motifs is 3. The monoisotopic (exact) mass is 452 g/mol. The summed E-state index contributed by atoms with van der Waals surface area (Å²) < 4.78 is 5.59. The first-order valence-corrected chi connectivity index (χ1v) is 11.3. The lowest BCUT2D eigenvalue weighted by Crippen LogP contribution is -2.53. The molecular weight excluding hydrogens is 420 g/mol. The van der Waals surface area contributed by atoms with Gasteiger partial charge in [0.1, 0.15) is 12.1 Å². The van der Waals surface area contributed by atoms with Crippen LogP contribution in [0.4, 0.5) is 4.79 Å². The summed E-state index contributed by atoms with van der Waals surface area (Å²) in [5, 5.41) is 14.7. The number of benzene rings is 2. The highest BCUT2D eigenvalue weighted by Gasteiger charge is 2.34. The second-order valence-corrected chi connectivity index (χ2v) is 9.06. The van der Waals surface area contributed by atoms with Crippen LogP contribution in [0, 0.1) is 5.92 Å². The van der Waals surface area contributed by atoms with E-state index in [1.807, 2.05) is 38.1 Å². The SMILES string of the molecule is CCC(C)(NC(=O)CC(NC(=O)OCC1c2ccccc2-c2ccccc21)C(C)C)C(=O)O. The molecule has 33 heavy (non-hydrogen) atoms. The Labute approximate surface area is 194 Å². The van der Waals surface area contributed by atoms with Gasteiger partial charge in [0.25, 0.3) is 0 Å². The second-order valence-electron chi connectivity index (χ2n) is 9.06. The van der Waals surface area contributed by atoms with E-state index in [1.54, 1.807) is 6.92 Å². The van der Waals surface area contributed by atoms with Crippen molar-refractivity contribution in [2.75, 3.05) is 6.61 Å². The second kappa shape index (κ2) is 10.1. The summed E-state index contributed by atoms with van der Waals surface area (Å²) >= 11 is 0. The van der Waals surface area contributed by atoms with Gasteiger partial charge in [0.15, 0.2) is 0 Å². The maximum absolute atomic E-state index is 12.6. The molecular formula is C26H32N2O5. The molecule has 3 N–H and O–H groups in total. The van der Waals surface area contributed by atoms with Crippen molar-refractivity contribution in [3.05, 3.63) is 59.7 Å². The van der Waals surface area contributed by atoms with Crippen LogP contribution in [0.5, 0.6) is 0 Å². The number of alkyl carbamates (subject to hydrolysis) is 1. The van der Waals surface area contributed by atoms with Crippen LogP contribution in [-0.2, 0) is 14.3 Å². The number of carbonyl (C=O) groups is 3. The zero-order valence-electron chi connectivity index (χ0n) is 19.6. The average Bonchev–Trinajstić information content (AvgIpc) is 3.10. The number of ether oxygens (including phenoxy) is 1. The number of carboxylic acid groups (broad SMARTS) is 1. The molecule has 0 aromatic heterocycles. The van der Waals surface area contributed by atoms with E-state index in [1.165, 1.54) is 6.92 Å². The molecule has 1 aliphatic rings. The van der Waals surface area contributed by atoms with Crippen LogP contribution in [0.25, 0.3) is 11.1 Å². The van der Waals surface area contributed by atoms with Gasteiger partial charge in [0.05, 0.1) is 0 Å². The van der Waals surface area contributed by atoms with Gasteiger partial charge in [-0.25, -0.2) is 9.59 Å². The normalized spacial score (nSPS) is 15.2. The molecule has 0 radical (unpaired) electrons. The summed E-state index contributed by atoms with van der Waals surface area (Å²) in [5.41, 5.74) is 3.20. The minimum Gasteiger partial charge on any atom is -0.480 e. The largest absolute Gasteiger partial charge is 0.480 e. The van der Waals surface area contributed by atoms with Gasteiger partial charge in [-0.3, -0.25) is 4.79 Å². The molecule has 2 aromatic rings. The van der Waals surface area contributed by atoms with E-state index in [0.29, 0.717) is 0 Å². The van der Waals surface area contributed by atoms with Gasteiger partial charge in [-0.05, 0) is 41.5 Å². The van der Waals surface area contributed by atoms with Gasteiger partial charge in [0, 0.05) is 18.4 Å². The van der Waals surface area contributed by atoms with E-state index in [-0.39, 0.29) is 31.3 Å². The summed E-state index contributed by atoms with van der Waals surface area (Å²) in [6.45, 7) is 7.12. The molecule has 2 amide bonds. The average molecular weight is 453 g/mol. The van der Waals surface area contributed by atoms with E-state index in [9.17, 15) is 19.5 Å². The number of carbonyl (C=O) groups excluding carboxylic acids is 2. The maximum atomic E-state index is 12.6. The van der Waals surface area contributed by atoms with E-state index in [4.69, 9.17) is 4.74 Å². The molecule has 2 aromatic carbocycles. The molecule has 0 heterocycles. The molecule has 7 heteroatoms. The third-order valence-electron chi connectivity index (χ3n) is 6.45. The predicted molar refractivity (Wildman–Crippen MR) is 126 cm³/mol. The van der Waals surface area contributed by atoms with Gasteiger partial charge < -0.3 is 20.5 Å². The third kappa shape index (κ3) is 5.35. The first kappa shape index (κ1) is 24.3. The Morgan fingerprint density at radius 1 is 1.03 bits per heavy atom. The minimum atomic E-state index is -1.34. The summed E-state index contributed by atoms with van der Waals surface area (Å²) in [5.74, 6) is -1.62. The van der Waals surface area contributed by atoms with Gasteiger partial charge in [0.2, 0.25) is 5.91 Å². The lowest BCUT2D eigenvalue weighted by Gasteiger charge is -2.27. The number of carboxylic acids is 1. The molecule has 3 rings (SSSR count). The summed E-state index contributed by atoms with van der Waals surface area (Å²) in [7, 11) is 0. The molecule has 0 fully saturated rings. The van der Waals surface area contributed by atoms with Gasteiger partial charge in [-0.2, -0.15) is 0 Å². The summed E-state index contributed by atoms with van der Waals surface area (Å²) in [6, 6.07) is 15.7. The van der Waals surface area contributed by atoms with Crippen molar-refractivity contribution in [1.82, 2.24) is 10.6 Å². The number of hydrogen-bond acceptors (Lipinski definition) is 4. The maximum Gasteiger partial charge on any atom is 0.407 e. The molecule has 2 unspecified atom stereocenters. The fourth-order valence-corrected chi connectivity index (χ4v) is 4.10. The molecule has 0 bridgehead atoms. The minimum absolute atomic E-state index is 0.0370. The molecule has 176 valence electrons. The fourth-order valence-electron chi connectivity index (χ4n) is 4.10. The number of nitrogens with one attached hydrogen (secondary N) is 2. The van der Waals surface area contributed by atoms with Crippen molar-refractivity contribution in [1.29, 1.82) is 0 Å². The van der Waals surface area contributed by atoms with Crippen molar-refractivity contribution in [2.24, 2.45) is 5.92 Å². The molecule has 0 saturated heterocycles. The van der Waals surface area contributed by atoms with E-state index in [0.717, 1.165) is 22.3 Å². The highest BCUT2D eigenvalue weighted by molar-refractivity contribution is 5.87.